The predicted octanol–water partition coefficient (Wildman–Crippen LogP) is 4.01. The molecule has 6 nitrogen and oxygen atoms in total. The molecule has 3 aromatic rings. The molecule has 0 bridgehead atoms. The van der Waals surface area contributed by atoms with Crippen LogP contribution < -0.4 is 5.32 Å². The fourth-order valence-corrected chi connectivity index (χ4v) is 3.45. The molecule has 0 unspecified atom stereocenters. The molecule has 0 spiro atoms. The summed E-state index contributed by atoms with van der Waals surface area (Å²) in [4.78, 5) is 25.7. The van der Waals surface area contributed by atoms with E-state index in [1.54, 1.807) is 18.5 Å². The number of aryl methyl sites for hydroxylation is 1. The van der Waals surface area contributed by atoms with Gasteiger partial charge in [0.1, 0.15) is 5.56 Å². The normalized spacial score (nSPS) is 10.5. The predicted molar refractivity (Wildman–Crippen MR) is 110 cm³/mol. The molecule has 0 saturated heterocycles. The highest BCUT2D eigenvalue weighted by Crippen LogP contribution is 2.24. The van der Waals surface area contributed by atoms with Gasteiger partial charge in [-0.15, -0.1) is 11.8 Å². The van der Waals surface area contributed by atoms with Crippen molar-refractivity contribution in [3.8, 4) is 5.69 Å². The Morgan fingerprint density at radius 3 is 2.46 bits per heavy atom. The molecule has 0 aliphatic carbocycles. The van der Waals surface area contributed by atoms with Crippen molar-refractivity contribution in [3.63, 3.8) is 0 Å². The van der Waals surface area contributed by atoms with Crippen molar-refractivity contribution in [1.82, 2.24) is 9.78 Å². The molecule has 1 aromatic heterocycles. The summed E-state index contributed by atoms with van der Waals surface area (Å²) < 4.78 is 6.93. The van der Waals surface area contributed by atoms with Gasteiger partial charge in [0.05, 0.1) is 22.8 Å². The van der Waals surface area contributed by atoms with E-state index in [-0.39, 0.29) is 12.5 Å². The number of ether oxygens (including phenoxy) is 1. The van der Waals surface area contributed by atoms with Gasteiger partial charge >= 0.3 is 5.97 Å². The van der Waals surface area contributed by atoms with Gasteiger partial charge in [-0.25, -0.2) is 9.48 Å². The second-order valence-corrected chi connectivity index (χ2v) is 6.97. The number of carbonyl (C=O) groups excluding carboxylic acids is 2. The minimum absolute atomic E-state index is 0.364. The van der Waals surface area contributed by atoms with Gasteiger partial charge in [0.15, 0.2) is 6.61 Å². The minimum atomic E-state index is -0.564. The molecule has 0 aliphatic heterocycles. The highest BCUT2D eigenvalue weighted by atomic mass is 32.2. The minimum Gasteiger partial charge on any atom is -0.452 e. The Kier molecular flexibility index (Phi) is 6.16. The number of nitrogens with zero attached hydrogens (tertiary/aromatic N) is 2. The van der Waals surface area contributed by atoms with Gasteiger partial charge in [0.2, 0.25) is 0 Å². The number of benzene rings is 2. The van der Waals surface area contributed by atoms with E-state index in [2.05, 4.69) is 10.4 Å². The SMILES string of the molecule is CSc1ccccc1NC(=O)COC(=O)c1c(C)nn(-c2ccccc2)c1C. The molecule has 144 valence electrons. The van der Waals surface area contributed by atoms with E-state index in [9.17, 15) is 9.59 Å². The number of hydrogen-bond donors (Lipinski definition) is 1. The zero-order valence-corrected chi connectivity index (χ0v) is 16.7. The molecule has 1 N–H and O–H groups in total. The summed E-state index contributed by atoms with van der Waals surface area (Å²) in [5.74, 6) is -0.953. The van der Waals surface area contributed by atoms with Crippen LogP contribution in [0.5, 0.6) is 0 Å². The first-order valence-corrected chi connectivity index (χ1v) is 9.95. The van der Waals surface area contributed by atoms with Crippen LogP contribution in [0.1, 0.15) is 21.7 Å². The lowest BCUT2D eigenvalue weighted by atomic mass is 10.2. The van der Waals surface area contributed by atoms with Crippen LogP contribution in [0.4, 0.5) is 5.69 Å². The molecule has 1 amide bonds. The molecule has 0 saturated carbocycles. The summed E-state index contributed by atoms with van der Waals surface area (Å²) in [6.45, 7) is 3.19. The molecule has 0 atom stereocenters. The monoisotopic (exact) mass is 395 g/mol. The summed E-state index contributed by atoms with van der Waals surface area (Å²) in [5, 5.41) is 7.20. The van der Waals surface area contributed by atoms with Gasteiger partial charge in [0, 0.05) is 4.90 Å². The van der Waals surface area contributed by atoms with E-state index in [4.69, 9.17) is 4.74 Å². The maximum absolute atomic E-state index is 12.6. The first-order chi connectivity index (χ1) is 13.5. The second-order valence-electron chi connectivity index (χ2n) is 6.12. The Hall–Kier alpha value is -3.06. The summed E-state index contributed by atoms with van der Waals surface area (Å²) in [5.41, 5.74) is 3.15. The summed E-state index contributed by atoms with van der Waals surface area (Å²) in [6.07, 6.45) is 1.93. The number of carbonyl (C=O) groups is 2. The molecular weight excluding hydrogens is 374 g/mol. The van der Waals surface area contributed by atoms with Crippen LogP contribution in [0.2, 0.25) is 0 Å². The molecule has 2 aromatic carbocycles. The number of esters is 1. The van der Waals surface area contributed by atoms with E-state index >= 15 is 0 Å². The van der Waals surface area contributed by atoms with Crippen molar-refractivity contribution in [2.75, 3.05) is 18.2 Å². The standard InChI is InChI=1S/C21H21N3O3S/c1-14-20(15(2)24(23-14)16-9-5-4-6-10-16)21(26)27-13-19(25)22-17-11-7-8-12-18(17)28-3/h4-12H,13H2,1-3H3,(H,22,25). The Morgan fingerprint density at radius 2 is 1.75 bits per heavy atom. The number of aromatic nitrogens is 2. The zero-order valence-electron chi connectivity index (χ0n) is 15.9. The summed E-state index contributed by atoms with van der Waals surface area (Å²) in [6, 6.07) is 17.0. The van der Waals surface area contributed by atoms with Gasteiger partial charge in [-0.1, -0.05) is 30.3 Å². The van der Waals surface area contributed by atoms with Crippen molar-refractivity contribution in [2.45, 2.75) is 18.7 Å². The number of nitrogens with one attached hydrogen (secondary N) is 1. The average Bonchev–Trinajstić information content (AvgIpc) is 3.01. The summed E-state index contributed by atoms with van der Waals surface area (Å²) >= 11 is 1.53. The number of hydrogen-bond acceptors (Lipinski definition) is 5. The largest absolute Gasteiger partial charge is 0.452 e. The lowest BCUT2D eigenvalue weighted by Crippen LogP contribution is -2.21. The Labute approximate surface area is 167 Å². The topological polar surface area (TPSA) is 73.2 Å². The summed E-state index contributed by atoms with van der Waals surface area (Å²) in [7, 11) is 0. The van der Waals surface area contributed by atoms with E-state index in [1.807, 2.05) is 60.9 Å². The fraction of sp³-hybridized carbons (Fsp3) is 0.190. The van der Waals surface area contributed by atoms with Crippen molar-refractivity contribution in [3.05, 3.63) is 71.5 Å². The first-order valence-electron chi connectivity index (χ1n) is 8.73. The lowest BCUT2D eigenvalue weighted by molar-refractivity contribution is -0.119. The van der Waals surface area contributed by atoms with Crippen LogP contribution in [0.25, 0.3) is 5.69 Å². The highest BCUT2D eigenvalue weighted by molar-refractivity contribution is 7.98. The Morgan fingerprint density at radius 1 is 1.07 bits per heavy atom. The second kappa shape index (κ2) is 8.75. The lowest BCUT2D eigenvalue weighted by Gasteiger charge is -2.10. The molecule has 1 heterocycles. The molecule has 0 radical (unpaired) electrons. The third kappa shape index (κ3) is 4.26. The van der Waals surface area contributed by atoms with Gasteiger partial charge in [0.25, 0.3) is 5.91 Å². The van der Waals surface area contributed by atoms with Crippen molar-refractivity contribution in [1.29, 1.82) is 0 Å². The Bertz CT molecular complexity index is 999. The molecule has 28 heavy (non-hydrogen) atoms. The number of para-hydroxylation sites is 2. The van der Waals surface area contributed by atoms with E-state index in [0.29, 0.717) is 22.6 Å². The third-order valence-electron chi connectivity index (χ3n) is 4.21. The van der Waals surface area contributed by atoms with Crippen LogP contribution in [-0.4, -0.2) is 34.5 Å². The van der Waals surface area contributed by atoms with Gasteiger partial charge in [-0.3, -0.25) is 4.79 Å². The van der Waals surface area contributed by atoms with Crippen molar-refractivity contribution in [2.24, 2.45) is 0 Å². The first kappa shape index (κ1) is 19.7. The van der Waals surface area contributed by atoms with Crippen molar-refractivity contribution >= 4 is 29.3 Å². The van der Waals surface area contributed by atoms with Crippen LogP contribution in [0.15, 0.2) is 59.5 Å². The van der Waals surface area contributed by atoms with Gasteiger partial charge in [-0.05, 0) is 44.4 Å². The zero-order chi connectivity index (χ0) is 20.1. The smallest absolute Gasteiger partial charge is 0.342 e. The van der Waals surface area contributed by atoms with Gasteiger partial charge in [-0.2, -0.15) is 5.10 Å². The van der Waals surface area contributed by atoms with Crippen LogP contribution >= 0.6 is 11.8 Å². The number of amides is 1. The van der Waals surface area contributed by atoms with E-state index in [1.165, 1.54) is 11.8 Å². The molecule has 0 aliphatic rings. The maximum Gasteiger partial charge on any atom is 0.342 e. The molecule has 3 rings (SSSR count). The number of rotatable bonds is 6. The van der Waals surface area contributed by atoms with E-state index < -0.39 is 5.97 Å². The highest BCUT2D eigenvalue weighted by Gasteiger charge is 2.21. The van der Waals surface area contributed by atoms with Crippen LogP contribution in [-0.2, 0) is 9.53 Å². The third-order valence-corrected chi connectivity index (χ3v) is 5.01. The van der Waals surface area contributed by atoms with Gasteiger partial charge < -0.3 is 10.1 Å². The average molecular weight is 395 g/mol. The molecule has 7 heteroatoms. The number of anilines is 1. The quantitative estimate of drug-likeness (QED) is 0.504. The fourth-order valence-electron chi connectivity index (χ4n) is 2.90. The Balaban J connectivity index is 1.68. The number of thioether (sulfide) groups is 1. The van der Waals surface area contributed by atoms with Crippen LogP contribution in [0, 0.1) is 13.8 Å². The maximum atomic E-state index is 12.6. The van der Waals surface area contributed by atoms with Crippen LogP contribution in [0.3, 0.4) is 0 Å². The molecule has 0 fully saturated rings. The van der Waals surface area contributed by atoms with Crippen molar-refractivity contribution < 1.29 is 14.3 Å². The van der Waals surface area contributed by atoms with E-state index in [0.717, 1.165) is 10.6 Å². The molecular formula is C21H21N3O3S.